The highest BCUT2D eigenvalue weighted by Gasteiger charge is 2.42. The maximum Gasteiger partial charge on any atom is 0.192 e. The van der Waals surface area contributed by atoms with Crippen molar-refractivity contribution in [1.29, 1.82) is 0 Å². The van der Waals surface area contributed by atoms with E-state index >= 15 is 0 Å². The molecule has 0 heterocycles. The van der Waals surface area contributed by atoms with E-state index in [4.69, 9.17) is 4.43 Å². The number of rotatable bonds is 3. The Kier molecular flexibility index (Phi) is 5.05. The van der Waals surface area contributed by atoms with E-state index in [-0.39, 0.29) is 17.7 Å². The summed E-state index contributed by atoms with van der Waals surface area (Å²) < 4.78 is 6.43. The van der Waals surface area contributed by atoms with Gasteiger partial charge >= 0.3 is 0 Å². The molecule has 0 aromatic rings. The fourth-order valence-electron chi connectivity index (χ4n) is 2.33. The molecule has 0 saturated heterocycles. The van der Waals surface area contributed by atoms with Gasteiger partial charge in [0.05, 0.1) is 0 Å². The summed E-state index contributed by atoms with van der Waals surface area (Å²) in [7, 11) is -1.69. The molecule has 1 aliphatic rings. The third-order valence-electron chi connectivity index (χ3n) is 4.48. The minimum atomic E-state index is -1.69. The van der Waals surface area contributed by atoms with Gasteiger partial charge in [-0.1, -0.05) is 26.7 Å². The van der Waals surface area contributed by atoms with E-state index in [2.05, 4.69) is 45.7 Å². The van der Waals surface area contributed by atoms with Crippen molar-refractivity contribution in [2.24, 2.45) is 11.8 Å². The predicted molar refractivity (Wildman–Crippen MR) is 78.8 cm³/mol. The number of aliphatic hydroxyl groups is 1. The van der Waals surface area contributed by atoms with E-state index in [9.17, 15) is 5.11 Å². The second-order valence-corrected chi connectivity index (χ2v) is 11.7. The molecule has 0 aromatic heterocycles. The van der Waals surface area contributed by atoms with Crippen molar-refractivity contribution < 1.29 is 9.53 Å². The topological polar surface area (TPSA) is 29.5 Å². The fourth-order valence-corrected chi connectivity index (χ4v) is 3.71. The Bertz CT molecular complexity index is 333. The molecule has 1 aliphatic carbocycles. The van der Waals surface area contributed by atoms with Crippen LogP contribution >= 0.6 is 0 Å². The van der Waals surface area contributed by atoms with Crippen molar-refractivity contribution in [3.63, 3.8) is 0 Å². The van der Waals surface area contributed by atoms with Crippen LogP contribution in [0.1, 0.15) is 40.5 Å². The van der Waals surface area contributed by atoms with Crippen LogP contribution in [0.3, 0.4) is 0 Å². The lowest BCUT2D eigenvalue weighted by Gasteiger charge is -2.38. The van der Waals surface area contributed by atoms with Crippen LogP contribution in [-0.2, 0) is 4.43 Å². The van der Waals surface area contributed by atoms with Gasteiger partial charge in [0.2, 0.25) is 0 Å². The van der Waals surface area contributed by atoms with Gasteiger partial charge in [-0.3, -0.25) is 0 Å². The van der Waals surface area contributed by atoms with E-state index in [1.165, 1.54) is 0 Å². The van der Waals surface area contributed by atoms with Crippen LogP contribution < -0.4 is 0 Å². The molecule has 104 valence electrons. The van der Waals surface area contributed by atoms with Crippen LogP contribution in [0.2, 0.25) is 18.1 Å². The fraction of sp³-hybridized carbons (Fsp3) is 0.867. The van der Waals surface area contributed by atoms with Crippen LogP contribution in [0, 0.1) is 23.7 Å². The van der Waals surface area contributed by atoms with Gasteiger partial charge in [-0.05, 0) is 43.8 Å². The first-order chi connectivity index (χ1) is 8.21. The van der Waals surface area contributed by atoms with Gasteiger partial charge in [-0.2, -0.15) is 0 Å². The molecule has 0 bridgehead atoms. The Morgan fingerprint density at radius 2 is 1.89 bits per heavy atom. The summed E-state index contributed by atoms with van der Waals surface area (Å²) in [5.41, 5.74) is 0. The second-order valence-electron chi connectivity index (χ2n) is 6.92. The Morgan fingerprint density at radius 1 is 1.28 bits per heavy atom. The SMILES string of the molecule is CC#C[C@@H]1C[C@H](O[Si](C)(C)C(C)(C)C)C[C@@H]1CO. The van der Waals surface area contributed by atoms with Gasteiger partial charge < -0.3 is 9.53 Å². The molecule has 0 amide bonds. The normalized spacial score (nSPS) is 28.9. The van der Waals surface area contributed by atoms with Crippen molar-refractivity contribution in [3.05, 3.63) is 0 Å². The Morgan fingerprint density at radius 3 is 2.33 bits per heavy atom. The van der Waals surface area contributed by atoms with E-state index in [0.29, 0.717) is 11.8 Å². The average molecular weight is 268 g/mol. The third kappa shape index (κ3) is 3.60. The first-order valence-electron chi connectivity index (χ1n) is 6.92. The monoisotopic (exact) mass is 268 g/mol. The molecule has 0 spiro atoms. The van der Waals surface area contributed by atoms with Crippen molar-refractivity contribution in [3.8, 4) is 11.8 Å². The zero-order chi connectivity index (χ0) is 14.0. The van der Waals surface area contributed by atoms with Gasteiger partial charge in [-0.15, -0.1) is 5.92 Å². The van der Waals surface area contributed by atoms with E-state index in [0.717, 1.165) is 12.8 Å². The van der Waals surface area contributed by atoms with Gasteiger partial charge in [0, 0.05) is 18.6 Å². The molecule has 3 atom stereocenters. The lowest BCUT2D eigenvalue weighted by atomic mass is 9.98. The van der Waals surface area contributed by atoms with Gasteiger partial charge in [-0.25, -0.2) is 0 Å². The first-order valence-corrected chi connectivity index (χ1v) is 9.83. The molecule has 0 aliphatic heterocycles. The quantitative estimate of drug-likeness (QED) is 0.628. The highest BCUT2D eigenvalue weighted by Crippen LogP contribution is 2.41. The molecular formula is C15H28O2Si. The van der Waals surface area contributed by atoms with Crippen molar-refractivity contribution >= 4 is 8.32 Å². The number of aliphatic hydroxyl groups excluding tert-OH is 1. The minimum Gasteiger partial charge on any atom is -0.414 e. The zero-order valence-corrected chi connectivity index (χ0v) is 13.7. The maximum absolute atomic E-state index is 9.43. The molecule has 1 N–H and O–H groups in total. The van der Waals surface area contributed by atoms with Crippen molar-refractivity contribution in [1.82, 2.24) is 0 Å². The first kappa shape index (κ1) is 15.8. The summed E-state index contributed by atoms with van der Waals surface area (Å²) in [6.45, 7) is 13.5. The minimum absolute atomic E-state index is 0.233. The summed E-state index contributed by atoms with van der Waals surface area (Å²) in [4.78, 5) is 0. The summed E-state index contributed by atoms with van der Waals surface area (Å²) in [6.07, 6.45) is 2.23. The zero-order valence-electron chi connectivity index (χ0n) is 12.7. The van der Waals surface area contributed by atoms with Crippen LogP contribution in [-0.4, -0.2) is 26.1 Å². The lowest BCUT2D eigenvalue weighted by molar-refractivity contribution is 0.168. The molecule has 18 heavy (non-hydrogen) atoms. The van der Waals surface area contributed by atoms with E-state index in [1.807, 2.05) is 6.92 Å². The molecule has 1 rings (SSSR count). The maximum atomic E-state index is 9.43. The van der Waals surface area contributed by atoms with E-state index < -0.39 is 8.32 Å². The molecule has 0 unspecified atom stereocenters. The molecular weight excluding hydrogens is 240 g/mol. The summed E-state index contributed by atoms with van der Waals surface area (Å²) in [5, 5.41) is 9.67. The van der Waals surface area contributed by atoms with Gasteiger partial charge in [0.25, 0.3) is 0 Å². The Hall–Kier alpha value is -0.303. The van der Waals surface area contributed by atoms with Crippen molar-refractivity contribution in [2.75, 3.05) is 6.61 Å². The van der Waals surface area contributed by atoms with E-state index in [1.54, 1.807) is 0 Å². The second kappa shape index (κ2) is 5.77. The largest absolute Gasteiger partial charge is 0.414 e. The summed E-state index contributed by atoms with van der Waals surface area (Å²) in [5.74, 6) is 6.82. The van der Waals surface area contributed by atoms with Crippen LogP contribution in [0.25, 0.3) is 0 Å². The molecule has 1 fully saturated rings. The van der Waals surface area contributed by atoms with Gasteiger partial charge in [0.1, 0.15) is 0 Å². The summed E-state index contributed by atoms with van der Waals surface area (Å²) in [6, 6.07) is 0. The predicted octanol–water partition coefficient (Wildman–Crippen LogP) is 3.42. The highest BCUT2D eigenvalue weighted by molar-refractivity contribution is 6.74. The van der Waals surface area contributed by atoms with Crippen LogP contribution in [0.5, 0.6) is 0 Å². The lowest BCUT2D eigenvalue weighted by Crippen LogP contribution is -2.43. The third-order valence-corrected chi connectivity index (χ3v) is 9.02. The molecule has 3 heteroatoms. The average Bonchev–Trinajstić information content (AvgIpc) is 2.58. The molecule has 1 saturated carbocycles. The Balaban J connectivity index is 2.68. The molecule has 0 aromatic carbocycles. The smallest absolute Gasteiger partial charge is 0.192 e. The van der Waals surface area contributed by atoms with Gasteiger partial charge in [0.15, 0.2) is 8.32 Å². The molecule has 2 nitrogen and oxygen atoms in total. The number of hydrogen-bond acceptors (Lipinski definition) is 2. The van der Waals surface area contributed by atoms with Crippen LogP contribution in [0.15, 0.2) is 0 Å². The van der Waals surface area contributed by atoms with Crippen LogP contribution in [0.4, 0.5) is 0 Å². The summed E-state index contributed by atoms with van der Waals surface area (Å²) >= 11 is 0. The number of hydrogen-bond donors (Lipinski definition) is 1. The standard InChI is InChI=1S/C15H28O2Si/c1-7-8-12-9-14(10-13(12)11-16)17-18(5,6)15(2,3)4/h12-14,16H,9-11H2,1-6H3/t12-,13-,14+/m1/s1. The Labute approximate surface area is 113 Å². The highest BCUT2D eigenvalue weighted by atomic mass is 28.4. The molecule has 0 radical (unpaired) electrons. The van der Waals surface area contributed by atoms with Crippen molar-refractivity contribution in [2.45, 2.75) is 64.8 Å².